The van der Waals surface area contributed by atoms with Crippen molar-refractivity contribution in [2.45, 2.75) is 90.4 Å². The molecule has 2 aromatic carbocycles. The number of rotatable bonds is 11. The van der Waals surface area contributed by atoms with Crippen LogP contribution in [0.5, 0.6) is 0 Å². The molecular formula is C55H65FN10O5. The van der Waals surface area contributed by atoms with Crippen molar-refractivity contribution < 1.29 is 23.6 Å². The third-order valence-electron chi connectivity index (χ3n) is 15.9. The van der Waals surface area contributed by atoms with Gasteiger partial charge >= 0.3 is 0 Å². The molecule has 5 aromatic rings. The summed E-state index contributed by atoms with van der Waals surface area (Å²) in [6.07, 6.45) is 8.64. The number of aromatic nitrogens is 3. The maximum Gasteiger partial charge on any atom is 0.257 e. The molecule has 0 bridgehead atoms. The molecule has 3 saturated heterocycles. The molecule has 3 aromatic heterocycles. The first-order valence-corrected chi connectivity index (χ1v) is 25.2. The average molecular weight is 965 g/mol. The highest BCUT2D eigenvalue weighted by Gasteiger charge is 2.49. The van der Waals surface area contributed by atoms with Crippen molar-refractivity contribution in [3.63, 3.8) is 0 Å². The summed E-state index contributed by atoms with van der Waals surface area (Å²) in [4.78, 5) is 80.6. The predicted octanol–water partition coefficient (Wildman–Crippen LogP) is 5.99. The van der Waals surface area contributed by atoms with Crippen LogP contribution < -0.4 is 21.1 Å². The molecule has 5 aliphatic heterocycles. The molecule has 0 spiro atoms. The Hall–Kier alpha value is -6.49. The SMILES string of the molecule is CNc1ccn(-c2ccnc3c2cc(CN2CC=C(c4c(C)cc(C(=O)N5CCC(CN6CCN(Cc7ccc8c(c7)C(C)(C)C(=O)N8[C@H]7CCC(=O)NC7=O)C[C@@H]6C)CC5)cc4F)CC2)n3C)c(=O)c1. The first kappa shape index (κ1) is 48.2. The second kappa shape index (κ2) is 19.3. The number of hydrogen-bond donors (Lipinski definition) is 2. The zero-order chi connectivity index (χ0) is 49.9. The molecule has 0 saturated carbocycles. The van der Waals surface area contributed by atoms with E-state index in [9.17, 15) is 24.0 Å². The number of aryl methyl sites for hydroxylation is 2. The second-order valence-electron chi connectivity index (χ2n) is 20.9. The summed E-state index contributed by atoms with van der Waals surface area (Å²) in [5.74, 6) is -0.826. The number of fused-ring (bicyclic) bond motifs is 2. The highest BCUT2D eigenvalue weighted by atomic mass is 19.1. The zero-order valence-electron chi connectivity index (χ0n) is 41.8. The van der Waals surface area contributed by atoms with E-state index in [0.717, 1.165) is 108 Å². The number of carbonyl (C=O) groups excluding carboxylic acids is 4. The van der Waals surface area contributed by atoms with Gasteiger partial charge in [-0.3, -0.25) is 53.5 Å². The number of imide groups is 1. The maximum atomic E-state index is 16.1. The van der Waals surface area contributed by atoms with Crippen molar-refractivity contribution in [2.75, 3.05) is 69.6 Å². The van der Waals surface area contributed by atoms with Gasteiger partial charge in [-0.05, 0) is 118 Å². The van der Waals surface area contributed by atoms with Gasteiger partial charge in [-0.1, -0.05) is 18.2 Å². The molecule has 2 atom stereocenters. The fraction of sp³-hybridized carbons (Fsp3) is 0.455. The minimum atomic E-state index is -0.781. The standard InChI is InChI=1S/C55H65FN10O5/c1-34-25-39(27-44(56)50(34)38-14-18-61(19-15-38)33-41-29-42-45(11-17-58-51(42)60(41)6)65-22-16-40(57-5)28-49(65)68)53(70)63-20-12-36(13-21-63)32-64-24-23-62(30-35(64)2)31-37-7-8-46-43(26-37)55(3,4)54(71)66(46)47-9-10-48(67)59-52(47)69/h7-8,11,14,16-17,22,25-29,35-36,47,57H,9-10,12-13,15,18-21,23-24,30-33H2,1-6H3,(H,59,67,69)/t35-,47-/m0/s1. The highest BCUT2D eigenvalue weighted by Crippen LogP contribution is 2.44. The second-order valence-corrected chi connectivity index (χ2v) is 20.9. The quantitative estimate of drug-likeness (QED) is 0.151. The van der Waals surface area contributed by atoms with Crippen molar-refractivity contribution in [2.24, 2.45) is 13.0 Å². The fourth-order valence-corrected chi connectivity index (χ4v) is 11.8. The lowest BCUT2D eigenvalue weighted by Gasteiger charge is -2.42. The van der Waals surface area contributed by atoms with Gasteiger partial charge in [0.25, 0.3) is 11.5 Å². The van der Waals surface area contributed by atoms with Crippen molar-refractivity contribution in [3.05, 3.63) is 123 Å². The number of nitrogens with zero attached hydrogens (tertiary/aromatic N) is 8. The van der Waals surface area contributed by atoms with E-state index in [2.05, 4.69) is 66.1 Å². The number of piperazine rings is 1. The van der Waals surface area contributed by atoms with E-state index in [1.807, 2.05) is 57.0 Å². The lowest BCUT2D eigenvalue weighted by molar-refractivity contribution is -0.136. The van der Waals surface area contributed by atoms with Gasteiger partial charge in [0.15, 0.2) is 0 Å². The number of benzene rings is 2. The van der Waals surface area contributed by atoms with Crippen molar-refractivity contribution in [1.29, 1.82) is 0 Å². The molecular weight excluding hydrogens is 900 g/mol. The molecule has 0 radical (unpaired) electrons. The lowest BCUT2D eigenvalue weighted by Crippen LogP contribution is -2.55. The lowest BCUT2D eigenvalue weighted by atomic mass is 9.85. The van der Waals surface area contributed by atoms with E-state index in [0.29, 0.717) is 62.1 Å². The summed E-state index contributed by atoms with van der Waals surface area (Å²) in [6, 6.07) is 16.5. The summed E-state index contributed by atoms with van der Waals surface area (Å²) >= 11 is 0. The van der Waals surface area contributed by atoms with Crippen LogP contribution in [0, 0.1) is 18.7 Å². The van der Waals surface area contributed by atoms with Crippen LogP contribution in [0.4, 0.5) is 15.8 Å². The minimum absolute atomic E-state index is 0.113. The molecule has 71 heavy (non-hydrogen) atoms. The van der Waals surface area contributed by atoms with E-state index in [1.54, 1.807) is 35.0 Å². The summed E-state index contributed by atoms with van der Waals surface area (Å²) in [6.45, 7) is 15.9. The topological polar surface area (TPSA) is 148 Å². The molecule has 372 valence electrons. The molecule has 15 nitrogen and oxygen atoms in total. The van der Waals surface area contributed by atoms with Gasteiger partial charge in [-0.15, -0.1) is 0 Å². The van der Waals surface area contributed by atoms with Gasteiger partial charge in [0, 0.05) is 144 Å². The average Bonchev–Trinajstić information content (AvgIpc) is 3.77. The molecule has 16 heteroatoms. The largest absolute Gasteiger partial charge is 0.388 e. The number of hydrogen-bond acceptors (Lipinski definition) is 10. The number of anilines is 2. The predicted molar refractivity (Wildman–Crippen MR) is 273 cm³/mol. The van der Waals surface area contributed by atoms with Gasteiger partial charge in [0.1, 0.15) is 17.5 Å². The molecule has 5 aliphatic rings. The number of amides is 4. The Balaban J connectivity index is 0.708. The van der Waals surface area contributed by atoms with E-state index >= 15 is 4.39 Å². The van der Waals surface area contributed by atoms with Crippen LogP contribution in [0.3, 0.4) is 0 Å². The molecule has 8 heterocycles. The molecule has 2 N–H and O–H groups in total. The molecule has 10 rings (SSSR count). The number of piperidine rings is 2. The number of pyridine rings is 2. The third kappa shape index (κ3) is 9.21. The Morgan fingerprint density at radius 1 is 0.901 bits per heavy atom. The molecule has 0 aliphatic carbocycles. The van der Waals surface area contributed by atoms with Crippen LogP contribution in [-0.4, -0.2) is 129 Å². The number of carbonyl (C=O) groups is 4. The zero-order valence-corrected chi connectivity index (χ0v) is 41.8. The Morgan fingerprint density at radius 2 is 1.70 bits per heavy atom. The molecule has 3 fully saturated rings. The third-order valence-corrected chi connectivity index (χ3v) is 15.9. The Morgan fingerprint density at radius 3 is 2.41 bits per heavy atom. The minimum Gasteiger partial charge on any atom is -0.388 e. The summed E-state index contributed by atoms with van der Waals surface area (Å²) in [5, 5.41) is 6.32. The van der Waals surface area contributed by atoms with Gasteiger partial charge in [0.2, 0.25) is 17.7 Å². The van der Waals surface area contributed by atoms with Gasteiger partial charge < -0.3 is 14.8 Å². The number of halogens is 1. The van der Waals surface area contributed by atoms with Crippen LogP contribution in [0.15, 0.2) is 77.9 Å². The van der Waals surface area contributed by atoms with Crippen molar-refractivity contribution >= 4 is 51.6 Å². The molecule has 4 amide bonds. The number of likely N-dealkylation sites (tertiary alicyclic amines) is 1. The summed E-state index contributed by atoms with van der Waals surface area (Å²) in [5.41, 5.74) is 8.02. The Labute approximate surface area is 414 Å². The van der Waals surface area contributed by atoms with Crippen LogP contribution in [-0.2, 0) is 39.9 Å². The van der Waals surface area contributed by atoms with Crippen molar-refractivity contribution in [1.82, 2.24) is 39.0 Å². The van der Waals surface area contributed by atoms with Crippen LogP contribution in [0.25, 0.3) is 22.3 Å². The maximum absolute atomic E-state index is 16.1. The summed E-state index contributed by atoms with van der Waals surface area (Å²) in [7, 11) is 3.78. The fourth-order valence-electron chi connectivity index (χ4n) is 11.8. The van der Waals surface area contributed by atoms with Crippen LogP contribution in [0.1, 0.15) is 91.2 Å². The monoisotopic (exact) mass is 965 g/mol. The van der Waals surface area contributed by atoms with E-state index in [-0.39, 0.29) is 35.5 Å². The van der Waals surface area contributed by atoms with E-state index in [1.165, 1.54) is 6.07 Å². The van der Waals surface area contributed by atoms with E-state index in [4.69, 9.17) is 0 Å². The Kier molecular flexibility index (Phi) is 13.1. The molecule has 0 unspecified atom stereocenters. The van der Waals surface area contributed by atoms with Crippen LogP contribution >= 0.6 is 0 Å². The first-order valence-electron chi connectivity index (χ1n) is 25.2. The van der Waals surface area contributed by atoms with Gasteiger partial charge in [0.05, 0.1) is 11.1 Å². The van der Waals surface area contributed by atoms with Gasteiger partial charge in [-0.25, -0.2) is 9.37 Å². The summed E-state index contributed by atoms with van der Waals surface area (Å²) < 4.78 is 19.8. The number of nitrogens with one attached hydrogen (secondary N) is 2. The van der Waals surface area contributed by atoms with Crippen LogP contribution in [0.2, 0.25) is 0 Å². The van der Waals surface area contributed by atoms with Gasteiger partial charge in [-0.2, -0.15) is 0 Å². The first-order chi connectivity index (χ1) is 34.1. The normalized spacial score (nSPS) is 21.5. The smallest absolute Gasteiger partial charge is 0.257 e. The Bertz CT molecular complexity index is 3020. The van der Waals surface area contributed by atoms with Crippen molar-refractivity contribution in [3.8, 4) is 5.69 Å². The highest BCUT2D eigenvalue weighted by molar-refractivity contribution is 6.13. The van der Waals surface area contributed by atoms with E-state index < -0.39 is 17.4 Å².